The van der Waals surface area contributed by atoms with Crippen LogP contribution in [0.15, 0.2) is 54.9 Å². The number of hydrogen-bond acceptors (Lipinski definition) is 2. The van der Waals surface area contributed by atoms with Gasteiger partial charge < -0.3 is 0 Å². The summed E-state index contributed by atoms with van der Waals surface area (Å²) in [6.45, 7) is 0. The lowest BCUT2D eigenvalue weighted by molar-refractivity contribution is 0.104. The molecule has 0 unspecified atom stereocenters. The molecule has 0 atom stereocenters. The van der Waals surface area contributed by atoms with E-state index in [4.69, 9.17) is 11.6 Å². The van der Waals surface area contributed by atoms with Crippen molar-refractivity contribution in [1.29, 1.82) is 0 Å². The molecule has 2 rings (SSSR count). The van der Waals surface area contributed by atoms with Crippen LogP contribution in [0.1, 0.15) is 15.9 Å². The summed E-state index contributed by atoms with van der Waals surface area (Å²) in [6.07, 6.45) is 6.41. The molecule has 0 spiro atoms. The number of aromatic nitrogens is 1. The van der Waals surface area contributed by atoms with Gasteiger partial charge in [-0.15, -0.1) is 0 Å². The zero-order valence-electron chi connectivity index (χ0n) is 9.01. The predicted molar refractivity (Wildman–Crippen MR) is 69.1 cm³/mol. The monoisotopic (exact) mass is 243 g/mol. The highest BCUT2D eigenvalue weighted by Crippen LogP contribution is 2.16. The molecule has 2 aromatic rings. The second kappa shape index (κ2) is 5.41. The number of hydrogen-bond donors (Lipinski definition) is 0. The van der Waals surface area contributed by atoms with E-state index in [9.17, 15) is 4.79 Å². The Bertz CT molecular complexity index is 549. The number of carbonyl (C=O) groups is 1. The maximum Gasteiger partial charge on any atom is 0.185 e. The van der Waals surface area contributed by atoms with Crippen LogP contribution in [0.3, 0.4) is 0 Å². The minimum atomic E-state index is -0.0627. The highest BCUT2D eigenvalue weighted by Gasteiger charge is 2.00. The number of nitrogens with zero attached hydrogens (tertiary/aromatic N) is 1. The molecule has 0 bridgehead atoms. The maximum atomic E-state index is 11.8. The molecule has 0 aliphatic carbocycles. The van der Waals surface area contributed by atoms with Crippen LogP contribution in [0.4, 0.5) is 0 Å². The van der Waals surface area contributed by atoms with Crippen LogP contribution in [0.2, 0.25) is 5.02 Å². The zero-order chi connectivity index (χ0) is 12.1. The third kappa shape index (κ3) is 3.02. The summed E-state index contributed by atoms with van der Waals surface area (Å²) in [4.78, 5) is 15.6. The first-order valence-corrected chi connectivity index (χ1v) is 5.52. The van der Waals surface area contributed by atoms with Gasteiger partial charge in [-0.2, -0.15) is 0 Å². The standard InChI is InChI=1S/C14H10ClNO/c15-13-4-2-1-3-11(13)5-6-14(17)12-7-9-16-10-8-12/h1-10H/b6-5+. The Balaban J connectivity index is 2.17. The summed E-state index contributed by atoms with van der Waals surface area (Å²) in [5.74, 6) is -0.0627. The molecule has 0 aliphatic rings. The van der Waals surface area contributed by atoms with Gasteiger partial charge in [-0.1, -0.05) is 29.8 Å². The van der Waals surface area contributed by atoms with Crippen molar-refractivity contribution in [2.75, 3.05) is 0 Å². The van der Waals surface area contributed by atoms with E-state index in [0.29, 0.717) is 10.6 Å². The molecular weight excluding hydrogens is 234 g/mol. The van der Waals surface area contributed by atoms with Crippen molar-refractivity contribution in [3.05, 3.63) is 71.0 Å². The molecule has 0 N–H and O–H groups in total. The van der Waals surface area contributed by atoms with Crippen LogP contribution >= 0.6 is 11.6 Å². The molecule has 0 fully saturated rings. The number of halogens is 1. The van der Waals surface area contributed by atoms with E-state index in [1.54, 1.807) is 36.7 Å². The van der Waals surface area contributed by atoms with Crippen molar-refractivity contribution in [2.24, 2.45) is 0 Å². The largest absolute Gasteiger partial charge is 0.289 e. The first kappa shape index (κ1) is 11.6. The van der Waals surface area contributed by atoms with Crippen molar-refractivity contribution in [2.45, 2.75) is 0 Å². The van der Waals surface area contributed by atoms with Crippen LogP contribution in [0.5, 0.6) is 0 Å². The Morgan fingerprint density at radius 3 is 2.53 bits per heavy atom. The highest BCUT2D eigenvalue weighted by molar-refractivity contribution is 6.32. The van der Waals surface area contributed by atoms with Gasteiger partial charge in [-0.3, -0.25) is 9.78 Å². The number of allylic oxidation sites excluding steroid dienone is 1. The molecular formula is C14H10ClNO. The van der Waals surface area contributed by atoms with Gasteiger partial charge in [0.1, 0.15) is 0 Å². The van der Waals surface area contributed by atoms with Gasteiger partial charge in [-0.05, 0) is 35.9 Å². The summed E-state index contributed by atoms with van der Waals surface area (Å²) in [7, 11) is 0. The normalized spacial score (nSPS) is 10.6. The fraction of sp³-hybridized carbons (Fsp3) is 0. The maximum absolute atomic E-state index is 11.8. The fourth-order valence-corrected chi connectivity index (χ4v) is 1.59. The van der Waals surface area contributed by atoms with Gasteiger partial charge in [0.25, 0.3) is 0 Å². The van der Waals surface area contributed by atoms with Gasteiger partial charge in [0, 0.05) is 23.0 Å². The molecule has 2 nitrogen and oxygen atoms in total. The Labute approximate surface area is 105 Å². The SMILES string of the molecule is O=C(/C=C/c1ccccc1Cl)c1ccncc1. The fourth-order valence-electron chi connectivity index (χ4n) is 1.39. The summed E-state index contributed by atoms with van der Waals surface area (Å²) in [6, 6.07) is 10.7. The molecule has 3 heteroatoms. The summed E-state index contributed by atoms with van der Waals surface area (Å²) in [5.41, 5.74) is 1.44. The van der Waals surface area contributed by atoms with E-state index in [-0.39, 0.29) is 5.78 Å². The van der Waals surface area contributed by atoms with E-state index in [2.05, 4.69) is 4.98 Å². The lowest BCUT2D eigenvalue weighted by Crippen LogP contribution is -1.93. The smallest absolute Gasteiger partial charge is 0.185 e. The molecule has 0 amide bonds. The quantitative estimate of drug-likeness (QED) is 0.609. The molecule has 17 heavy (non-hydrogen) atoms. The Kier molecular flexibility index (Phi) is 3.68. The summed E-state index contributed by atoms with van der Waals surface area (Å²) < 4.78 is 0. The number of ketones is 1. The number of carbonyl (C=O) groups excluding carboxylic acids is 1. The average Bonchev–Trinajstić information content (AvgIpc) is 2.38. The van der Waals surface area contributed by atoms with E-state index in [1.165, 1.54) is 6.08 Å². The van der Waals surface area contributed by atoms with Gasteiger partial charge in [0.2, 0.25) is 0 Å². The minimum Gasteiger partial charge on any atom is -0.289 e. The number of pyridine rings is 1. The van der Waals surface area contributed by atoms with Crippen LogP contribution in [-0.4, -0.2) is 10.8 Å². The van der Waals surface area contributed by atoms with E-state index >= 15 is 0 Å². The molecule has 0 radical (unpaired) electrons. The average molecular weight is 244 g/mol. The van der Waals surface area contributed by atoms with Crippen LogP contribution in [0, 0.1) is 0 Å². The van der Waals surface area contributed by atoms with Crippen LogP contribution in [-0.2, 0) is 0 Å². The first-order chi connectivity index (χ1) is 8.27. The molecule has 84 valence electrons. The molecule has 0 aliphatic heterocycles. The number of benzene rings is 1. The van der Waals surface area contributed by atoms with Crippen LogP contribution in [0.25, 0.3) is 6.08 Å². The third-order valence-electron chi connectivity index (χ3n) is 2.28. The van der Waals surface area contributed by atoms with Crippen molar-refractivity contribution in [1.82, 2.24) is 4.98 Å². The minimum absolute atomic E-state index is 0.0627. The Hall–Kier alpha value is -1.93. The molecule has 1 heterocycles. The van der Waals surface area contributed by atoms with E-state index < -0.39 is 0 Å². The topological polar surface area (TPSA) is 30.0 Å². The Morgan fingerprint density at radius 1 is 1.12 bits per heavy atom. The lowest BCUT2D eigenvalue weighted by Gasteiger charge is -1.97. The third-order valence-corrected chi connectivity index (χ3v) is 2.63. The second-order valence-corrected chi connectivity index (χ2v) is 3.86. The van der Waals surface area contributed by atoms with Crippen molar-refractivity contribution >= 4 is 23.5 Å². The van der Waals surface area contributed by atoms with Gasteiger partial charge in [-0.25, -0.2) is 0 Å². The van der Waals surface area contributed by atoms with Crippen LogP contribution < -0.4 is 0 Å². The number of rotatable bonds is 3. The second-order valence-electron chi connectivity index (χ2n) is 3.45. The van der Waals surface area contributed by atoms with Crippen molar-refractivity contribution in [3.63, 3.8) is 0 Å². The molecule has 0 saturated heterocycles. The van der Waals surface area contributed by atoms with E-state index in [0.717, 1.165) is 5.56 Å². The van der Waals surface area contributed by atoms with E-state index in [1.807, 2.05) is 18.2 Å². The molecule has 0 saturated carbocycles. The highest BCUT2D eigenvalue weighted by atomic mass is 35.5. The summed E-state index contributed by atoms with van der Waals surface area (Å²) in [5, 5.41) is 0.631. The zero-order valence-corrected chi connectivity index (χ0v) is 9.76. The van der Waals surface area contributed by atoms with Crippen molar-refractivity contribution in [3.8, 4) is 0 Å². The predicted octanol–water partition coefficient (Wildman–Crippen LogP) is 3.63. The molecule has 1 aromatic carbocycles. The van der Waals surface area contributed by atoms with Gasteiger partial charge in [0.05, 0.1) is 0 Å². The molecule has 1 aromatic heterocycles. The first-order valence-electron chi connectivity index (χ1n) is 5.14. The van der Waals surface area contributed by atoms with Gasteiger partial charge >= 0.3 is 0 Å². The summed E-state index contributed by atoms with van der Waals surface area (Å²) >= 11 is 5.98. The van der Waals surface area contributed by atoms with Crippen molar-refractivity contribution < 1.29 is 4.79 Å². The Morgan fingerprint density at radius 2 is 1.82 bits per heavy atom. The van der Waals surface area contributed by atoms with Gasteiger partial charge in [0.15, 0.2) is 5.78 Å². The lowest BCUT2D eigenvalue weighted by atomic mass is 10.1.